The van der Waals surface area contributed by atoms with Crippen molar-refractivity contribution in [3.8, 4) is 0 Å². The van der Waals surface area contributed by atoms with Crippen LogP contribution in [0.25, 0.3) is 6.08 Å². The second-order valence-corrected chi connectivity index (χ2v) is 8.22. The molecule has 0 aliphatic carbocycles. The number of hydrogen-bond acceptors (Lipinski definition) is 2. The average Bonchev–Trinajstić information content (AvgIpc) is 2.70. The molecule has 2 aromatic rings. The number of piperazine rings is 1. The van der Waals surface area contributed by atoms with Crippen LogP contribution in [-0.4, -0.2) is 40.9 Å². The van der Waals surface area contributed by atoms with Gasteiger partial charge in [-0.25, -0.2) is 4.39 Å². The molecule has 0 bridgehead atoms. The first kappa shape index (κ1) is 23.3. The van der Waals surface area contributed by atoms with Crippen LogP contribution in [0.4, 0.5) is 17.6 Å². The van der Waals surface area contributed by atoms with Crippen LogP contribution < -0.4 is 0 Å². The Bertz CT molecular complexity index is 959. The molecule has 2 aromatic carbocycles. The third-order valence-electron chi connectivity index (χ3n) is 5.41. The molecular formula is C23H23ClF4N2O. The fourth-order valence-electron chi connectivity index (χ4n) is 3.68. The van der Waals surface area contributed by atoms with Gasteiger partial charge in [-0.2, -0.15) is 13.2 Å². The van der Waals surface area contributed by atoms with Crippen molar-refractivity contribution in [2.75, 3.05) is 13.1 Å². The number of rotatable bonds is 4. The smallest absolute Gasteiger partial charge is 0.334 e. The Hall–Kier alpha value is -2.38. The molecular weight excluding hydrogens is 432 g/mol. The molecule has 31 heavy (non-hydrogen) atoms. The van der Waals surface area contributed by atoms with Crippen molar-refractivity contribution >= 4 is 23.6 Å². The van der Waals surface area contributed by atoms with Gasteiger partial charge < -0.3 is 4.90 Å². The standard InChI is InChI=1S/C23H23ClF4N2O/c1-15-13-30(16(2)12-29(15)14-18-3-7-19(25)8-4-18)22(31)10-6-17-5-9-21(24)20(11-17)23(26,27)28/h3-11,15-16H,12-14H2,1-2H3/b10-6+/t15-,16+/m1/s1. The summed E-state index contributed by atoms with van der Waals surface area (Å²) in [6, 6.07) is 9.88. The van der Waals surface area contributed by atoms with E-state index in [1.54, 1.807) is 17.0 Å². The zero-order chi connectivity index (χ0) is 22.8. The van der Waals surface area contributed by atoms with Crippen LogP contribution in [0.5, 0.6) is 0 Å². The maximum atomic E-state index is 13.1. The number of nitrogens with zero attached hydrogens (tertiary/aromatic N) is 2. The molecule has 2 atom stereocenters. The van der Waals surface area contributed by atoms with Crippen molar-refractivity contribution in [1.82, 2.24) is 9.80 Å². The average molecular weight is 455 g/mol. The van der Waals surface area contributed by atoms with Gasteiger partial charge in [0.05, 0.1) is 10.6 Å². The fourth-order valence-corrected chi connectivity index (χ4v) is 3.90. The highest BCUT2D eigenvalue weighted by Gasteiger charge is 2.33. The van der Waals surface area contributed by atoms with E-state index in [2.05, 4.69) is 4.90 Å². The van der Waals surface area contributed by atoms with E-state index in [1.165, 1.54) is 36.4 Å². The minimum atomic E-state index is -4.56. The highest BCUT2D eigenvalue weighted by molar-refractivity contribution is 6.31. The van der Waals surface area contributed by atoms with Crippen LogP contribution in [0.3, 0.4) is 0 Å². The number of hydrogen-bond donors (Lipinski definition) is 0. The largest absolute Gasteiger partial charge is 0.417 e. The van der Waals surface area contributed by atoms with E-state index in [0.29, 0.717) is 19.6 Å². The van der Waals surface area contributed by atoms with Crippen LogP contribution in [0, 0.1) is 5.82 Å². The molecule has 0 N–H and O–H groups in total. The minimum absolute atomic E-state index is 0.0750. The first-order chi connectivity index (χ1) is 14.5. The highest BCUT2D eigenvalue weighted by atomic mass is 35.5. The quantitative estimate of drug-likeness (QED) is 0.441. The van der Waals surface area contributed by atoms with Crippen LogP contribution in [0.15, 0.2) is 48.5 Å². The molecule has 1 amide bonds. The van der Waals surface area contributed by atoms with Crippen molar-refractivity contribution < 1.29 is 22.4 Å². The second kappa shape index (κ2) is 9.40. The van der Waals surface area contributed by atoms with Gasteiger partial charge >= 0.3 is 6.18 Å². The topological polar surface area (TPSA) is 23.6 Å². The maximum Gasteiger partial charge on any atom is 0.417 e. The molecule has 0 spiro atoms. The lowest BCUT2D eigenvalue weighted by Gasteiger charge is -2.44. The van der Waals surface area contributed by atoms with Gasteiger partial charge in [-0.05, 0) is 55.3 Å². The first-order valence-corrected chi connectivity index (χ1v) is 10.3. The molecule has 3 rings (SSSR count). The Morgan fingerprint density at radius 1 is 1.10 bits per heavy atom. The Kier molecular flexibility index (Phi) is 7.06. The number of alkyl halides is 3. The molecule has 8 heteroatoms. The van der Waals surface area contributed by atoms with E-state index >= 15 is 0 Å². The summed E-state index contributed by atoms with van der Waals surface area (Å²) in [5.74, 6) is -0.542. The summed E-state index contributed by atoms with van der Waals surface area (Å²) in [7, 11) is 0. The number of benzene rings is 2. The SMILES string of the molecule is C[C@@H]1CN(C(=O)/C=C/c2ccc(Cl)c(C(F)(F)F)c2)[C@@H](C)CN1Cc1ccc(F)cc1. The van der Waals surface area contributed by atoms with E-state index in [9.17, 15) is 22.4 Å². The van der Waals surface area contributed by atoms with Crippen LogP contribution in [0.1, 0.15) is 30.5 Å². The first-order valence-electron chi connectivity index (χ1n) is 9.88. The van der Waals surface area contributed by atoms with Crippen molar-refractivity contribution in [2.24, 2.45) is 0 Å². The number of carbonyl (C=O) groups is 1. The molecule has 1 fully saturated rings. The number of carbonyl (C=O) groups excluding carboxylic acids is 1. The zero-order valence-electron chi connectivity index (χ0n) is 17.2. The molecule has 166 valence electrons. The number of amides is 1. The number of halogens is 5. The molecule has 0 saturated carbocycles. The van der Waals surface area contributed by atoms with E-state index < -0.39 is 11.7 Å². The van der Waals surface area contributed by atoms with Gasteiger partial charge in [-0.15, -0.1) is 0 Å². The van der Waals surface area contributed by atoms with E-state index in [-0.39, 0.29) is 34.4 Å². The van der Waals surface area contributed by atoms with Gasteiger partial charge in [0.2, 0.25) is 5.91 Å². The molecule has 1 heterocycles. The third kappa shape index (κ3) is 5.86. The summed E-state index contributed by atoms with van der Waals surface area (Å²) < 4.78 is 52.2. The summed E-state index contributed by atoms with van der Waals surface area (Å²) in [4.78, 5) is 16.6. The minimum Gasteiger partial charge on any atom is -0.334 e. The molecule has 1 aliphatic rings. The van der Waals surface area contributed by atoms with Gasteiger partial charge in [-0.3, -0.25) is 9.69 Å². The van der Waals surface area contributed by atoms with Crippen LogP contribution >= 0.6 is 11.6 Å². The van der Waals surface area contributed by atoms with Crippen molar-refractivity contribution in [3.05, 3.63) is 76.1 Å². The predicted octanol–water partition coefficient (Wildman–Crippen LogP) is 5.63. The van der Waals surface area contributed by atoms with Crippen LogP contribution in [0.2, 0.25) is 5.02 Å². The highest BCUT2D eigenvalue weighted by Crippen LogP contribution is 2.35. The molecule has 0 unspecified atom stereocenters. The molecule has 0 radical (unpaired) electrons. The second-order valence-electron chi connectivity index (χ2n) is 7.81. The van der Waals surface area contributed by atoms with Crippen LogP contribution in [-0.2, 0) is 17.5 Å². The lowest BCUT2D eigenvalue weighted by molar-refractivity contribution is -0.137. The summed E-state index contributed by atoms with van der Waals surface area (Å²) >= 11 is 5.64. The summed E-state index contributed by atoms with van der Waals surface area (Å²) in [6.45, 7) is 5.71. The fraction of sp³-hybridized carbons (Fsp3) is 0.348. The lowest BCUT2D eigenvalue weighted by atomic mass is 10.1. The monoisotopic (exact) mass is 454 g/mol. The van der Waals surface area contributed by atoms with E-state index in [1.807, 2.05) is 13.8 Å². The Morgan fingerprint density at radius 3 is 2.42 bits per heavy atom. The maximum absolute atomic E-state index is 13.1. The normalized spacial score (nSPS) is 20.4. The van der Waals surface area contributed by atoms with Gasteiger partial charge in [0.1, 0.15) is 5.82 Å². The van der Waals surface area contributed by atoms with Gasteiger partial charge in [0, 0.05) is 37.8 Å². The van der Waals surface area contributed by atoms with E-state index in [4.69, 9.17) is 11.6 Å². The summed E-state index contributed by atoms with van der Waals surface area (Å²) in [5, 5.41) is -0.379. The molecule has 1 saturated heterocycles. The van der Waals surface area contributed by atoms with Crippen molar-refractivity contribution in [3.63, 3.8) is 0 Å². The zero-order valence-corrected chi connectivity index (χ0v) is 17.9. The summed E-state index contributed by atoms with van der Waals surface area (Å²) in [5.41, 5.74) is 0.309. The molecule has 3 nitrogen and oxygen atoms in total. The lowest BCUT2D eigenvalue weighted by Crippen LogP contribution is -2.57. The van der Waals surface area contributed by atoms with Gasteiger partial charge in [0.15, 0.2) is 0 Å². The predicted molar refractivity (Wildman–Crippen MR) is 113 cm³/mol. The van der Waals surface area contributed by atoms with Crippen molar-refractivity contribution in [2.45, 2.75) is 38.7 Å². The Labute approximate surface area is 183 Å². The molecule has 1 aliphatic heterocycles. The van der Waals surface area contributed by atoms with Crippen molar-refractivity contribution in [1.29, 1.82) is 0 Å². The molecule has 0 aromatic heterocycles. The third-order valence-corrected chi connectivity index (χ3v) is 5.74. The summed E-state index contributed by atoms with van der Waals surface area (Å²) in [6.07, 6.45) is -1.89. The van der Waals surface area contributed by atoms with E-state index in [0.717, 1.165) is 11.6 Å². The Balaban J connectivity index is 1.66. The van der Waals surface area contributed by atoms with Gasteiger partial charge in [0.25, 0.3) is 0 Å². The van der Waals surface area contributed by atoms with Gasteiger partial charge in [-0.1, -0.05) is 29.8 Å². The Morgan fingerprint density at radius 2 is 1.77 bits per heavy atom.